The first-order valence-corrected chi connectivity index (χ1v) is 7.72. The Bertz CT molecular complexity index is 586. The smallest absolute Gasteiger partial charge is 0.334 e. The molecule has 2 aliphatic heterocycles. The molecule has 0 aromatic heterocycles. The Kier molecular flexibility index (Phi) is 4.78. The van der Waals surface area contributed by atoms with Gasteiger partial charge in [0.05, 0.1) is 31.9 Å². The van der Waals surface area contributed by atoms with E-state index in [0.29, 0.717) is 25.3 Å². The minimum absolute atomic E-state index is 0.0750. The van der Waals surface area contributed by atoms with Gasteiger partial charge in [0, 0.05) is 25.3 Å². The van der Waals surface area contributed by atoms with Crippen LogP contribution < -0.4 is 4.90 Å². The lowest BCUT2D eigenvalue weighted by atomic mass is 10.1. The monoisotopic (exact) mass is 320 g/mol. The molecular formula is C16H20N2O5. The second-order valence-corrected chi connectivity index (χ2v) is 5.57. The van der Waals surface area contributed by atoms with Crippen molar-refractivity contribution in [3.63, 3.8) is 0 Å². The van der Waals surface area contributed by atoms with Crippen LogP contribution in [0.15, 0.2) is 24.3 Å². The van der Waals surface area contributed by atoms with Crippen LogP contribution in [0.25, 0.3) is 0 Å². The van der Waals surface area contributed by atoms with E-state index in [1.165, 1.54) is 0 Å². The predicted octanol–water partition coefficient (Wildman–Crippen LogP) is 0.449. The molecule has 1 atom stereocenters. The number of hydrogen-bond donors (Lipinski definition) is 1. The lowest BCUT2D eigenvalue weighted by Crippen LogP contribution is -2.49. The molecule has 7 nitrogen and oxygen atoms in total. The molecule has 1 aromatic carbocycles. The number of carboxylic acid groups (broad SMARTS) is 1. The number of carboxylic acids is 1. The van der Waals surface area contributed by atoms with Gasteiger partial charge < -0.3 is 24.4 Å². The van der Waals surface area contributed by atoms with Crippen molar-refractivity contribution in [3.05, 3.63) is 29.8 Å². The summed E-state index contributed by atoms with van der Waals surface area (Å²) in [4.78, 5) is 27.6. The van der Waals surface area contributed by atoms with Crippen LogP contribution in [0.1, 0.15) is 10.4 Å². The number of amides is 1. The summed E-state index contributed by atoms with van der Waals surface area (Å²) in [6, 6.07) is 7.44. The van der Waals surface area contributed by atoms with E-state index in [1.54, 1.807) is 11.0 Å². The highest BCUT2D eigenvalue weighted by Gasteiger charge is 2.31. The van der Waals surface area contributed by atoms with Crippen LogP contribution in [-0.4, -0.2) is 74.0 Å². The molecule has 0 bridgehead atoms. The number of morpholine rings is 2. The Morgan fingerprint density at radius 3 is 2.57 bits per heavy atom. The van der Waals surface area contributed by atoms with Gasteiger partial charge in [-0.05, 0) is 12.1 Å². The molecule has 7 heteroatoms. The number of benzene rings is 1. The van der Waals surface area contributed by atoms with E-state index in [2.05, 4.69) is 4.90 Å². The van der Waals surface area contributed by atoms with E-state index in [0.717, 1.165) is 18.8 Å². The van der Waals surface area contributed by atoms with Crippen LogP contribution in [0.3, 0.4) is 0 Å². The van der Waals surface area contributed by atoms with Crippen molar-refractivity contribution in [2.75, 3.05) is 50.9 Å². The van der Waals surface area contributed by atoms with Gasteiger partial charge in [0.1, 0.15) is 0 Å². The van der Waals surface area contributed by atoms with E-state index in [1.807, 2.05) is 18.2 Å². The summed E-state index contributed by atoms with van der Waals surface area (Å²) >= 11 is 0. The van der Waals surface area contributed by atoms with E-state index >= 15 is 0 Å². The highest BCUT2D eigenvalue weighted by molar-refractivity contribution is 6.00. The van der Waals surface area contributed by atoms with Crippen LogP contribution in [0.4, 0.5) is 5.69 Å². The second kappa shape index (κ2) is 6.97. The second-order valence-electron chi connectivity index (χ2n) is 5.57. The molecular weight excluding hydrogens is 300 g/mol. The third-order valence-corrected chi connectivity index (χ3v) is 4.12. The van der Waals surface area contributed by atoms with Crippen LogP contribution in [0, 0.1) is 0 Å². The lowest BCUT2D eigenvalue weighted by molar-refractivity contribution is -0.154. The summed E-state index contributed by atoms with van der Waals surface area (Å²) in [6.07, 6.45) is -0.955. The molecule has 0 saturated carbocycles. The highest BCUT2D eigenvalue weighted by atomic mass is 16.5. The quantitative estimate of drug-likeness (QED) is 0.871. The fourth-order valence-corrected chi connectivity index (χ4v) is 2.89. The number of ether oxygens (including phenoxy) is 2. The van der Waals surface area contributed by atoms with E-state index in [4.69, 9.17) is 14.6 Å². The van der Waals surface area contributed by atoms with E-state index in [-0.39, 0.29) is 19.1 Å². The lowest BCUT2D eigenvalue weighted by Gasteiger charge is -2.34. The minimum atomic E-state index is -1.04. The van der Waals surface area contributed by atoms with Crippen molar-refractivity contribution in [1.82, 2.24) is 4.90 Å². The molecule has 2 aliphatic rings. The summed E-state index contributed by atoms with van der Waals surface area (Å²) in [5.74, 6) is -1.19. The molecule has 2 saturated heterocycles. The number of hydrogen-bond acceptors (Lipinski definition) is 5. The van der Waals surface area contributed by atoms with Gasteiger partial charge >= 0.3 is 5.97 Å². The maximum atomic E-state index is 12.9. The first-order valence-electron chi connectivity index (χ1n) is 7.72. The van der Waals surface area contributed by atoms with Crippen LogP contribution in [0.5, 0.6) is 0 Å². The Labute approximate surface area is 134 Å². The van der Waals surface area contributed by atoms with Gasteiger partial charge in [-0.25, -0.2) is 4.79 Å². The maximum absolute atomic E-state index is 12.9. The normalized spacial score (nSPS) is 22.0. The number of carbonyl (C=O) groups is 2. The Morgan fingerprint density at radius 1 is 1.09 bits per heavy atom. The highest BCUT2D eigenvalue weighted by Crippen LogP contribution is 2.23. The zero-order valence-corrected chi connectivity index (χ0v) is 12.8. The molecule has 23 heavy (non-hydrogen) atoms. The molecule has 124 valence electrons. The SMILES string of the molecule is O=C(O)[C@@H]1CN(C(=O)c2ccccc2N2CCOCC2)CCO1. The minimum Gasteiger partial charge on any atom is -0.479 e. The summed E-state index contributed by atoms with van der Waals surface area (Å²) in [6.45, 7) is 3.48. The fourth-order valence-electron chi connectivity index (χ4n) is 2.89. The van der Waals surface area contributed by atoms with Crippen molar-refractivity contribution in [1.29, 1.82) is 0 Å². The Hall–Kier alpha value is -2.12. The largest absolute Gasteiger partial charge is 0.479 e. The molecule has 3 rings (SSSR count). The standard InChI is InChI=1S/C16H20N2O5/c19-15(18-7-10-23-14(11-18)16(20)21)12-3-1-2-4-13(12)17-5-8-22-9-6-17/h1-4,14H,5-11H2,(H,20,21)/t14-/m0/s1. The zero-order valence-electron chi connectivity index (χ0n) is 12.8. The molecule has 1 aromatic rings. The van der Waals surface area contributed by atoms with Crippen molar-refractivity contribution in [3.8, 4) is 0 Å². The van der Waals surface area contributed by atoms with Gasteiger partial charge in [0.25, 0.3) is 5.91 Å². The van der Waals surface area contributed by atoms with Gasteiger partial charge in [0.2, 0.25) is 0 Å². The molecule has 2 heterocycles. The van der Waals surface area contributed by atoms with Crippen LogP contribution >= 0.6 is 0 Å². The molecule has 0 spiro atoms. The first-order chi connectivity index (χ1) is 11.2. The topological polar surface area (TPSA) is 79.3 Å². The van der Waals surface area contributed by atoms with Gasteiger partial charge in [0.15, 0.2) is 6.10 Å². The van der Waals surface area contributed by atoms with Crippen LogP contribution in [-0.2, 0) is 14.3 Å². The van der Waals surface area contributed by atoms with Crippen molar-refractivity contribution in [2.45, 2.75) is 6.10 Å². The van der Waals surface area contributed by atoms with Crippen molar-refractivity contribution in [2.24, 2.45) is 0 Å². The first kappa shape index (κ1) is 15.8. The molecule has 1 N–H and O–H groups in total. The van der Waals surface area contributed by atoms with Gasteiger partial charge in [-0.1, -0.05) is 12.1 Å². The molecule has 0 radical (unpaired) electrons. The summed E-state index contributed by atoms with van der Waals surface area (Å²) in [5, 5.41) is 9.08. The maximum Gasteiger partial charge on any atom is 0.334 e. The predicted molar refractivity (Wildman–Crippen MR) is 82.8 cm³/mol. The summed E-state index contributed by atoms with van der Waals surface area (Å²) in [7, 11) is 0. The van der Waals surface area contributed by atoms with Crippen molar-refractivity contribution < 1.29 is 24.2 Å². The molecule has 2 fully saturated rings. The van der Waals surface area contributed by atoms with Crippen molar-refractivity contribution >= 4 is 17.6 Å². The van der Waals surface area contributed by atoms with E-state index < -0.39 is 12.1 Å². The number of para-hydroxylation sites is 1. The molecule has 0 aliphatic carbocycles. The fraction of sp³-hybridized carbons (Fsp3) is 0.500. The zero-order chi connectivity index (χ0) is 16.2. The average molecular weight is 320 g/mol. The number of carbonyl (C=O) groups excluding carboxylic acids is 1. The number of aliphatic carboxylic acids is 1. The Balaban J connectivity index is 1.80. The third-order valence-electron chi connectivity index (χ3n) is 4.12. The number of rotatable bonds is 3. The summed E-state index contributed by atoms with van der Waals surface area (Å²) < 4.78 is 10.5. The molecule has 0 unspecified atom stereocenters. The van der Waals surface area contributed by atoms with E-state index in [9.17, 15) is 9.59 Å². The third kappa shape index (κ3) is 3.46. The van der Waals surface area contributed by atoms with Crippen LogP contribution in [0.2, 0.25) is 0 Å². The van der Waals surface area contributed by atoms with Gasteiger partial charge in [-0.2, -0.15) is 0 Å². The van der Waals surface area contributed by atoms with Gasteiger partial charge in [-0.3, -0.25) is 4.79 Å². The Morgan fingerprint density at radius 2 is 1.83 bits per heavy atom. The summed E-state index contributed by atoms with van der Waals surface area (Å²) in [5.41, 5.74) is 1.47. The van der Waals surface area contributed by atoms with Gasteiger partial charge in [-0.15, -0.1) is 0 Å². The molecule has 1 amide bonds. The number of anilines is 1. The number of nitrogens with zero attached hydrogens (tertiary/aromatic N) is 2. The average Bonchev–Trinajstić information content (AvgIpc) is 2.62.